The van der Waals surface area contributed by atoms with Crippen molar-refractivity contribution < 1.29 is 8.42 Å². The molecule has 1 atom stereocenters. The lowest BCUT2D eigenvalue weighted by atomic mass is 10.2. The quantitative estimate of drug-likeness (QED) is 0.800. The summed E-state index contributed by atoms with van der Waals surface area (Å²) < 4.78 is 25.3. The van der Waals surface area contributed by atoms with E-state index in [1.165, 1.54) is 0 Å². The van der Waals surface area contributed by atoms with E-state index in [0.29, 0.717) is 12.3 Å². The lowest BCUT2D eigenvalue weighted by Gasteiger charge is -2.14. The van der Waals surface area contributed by atoms with E-state index in [2.05, 4.69) is 4.98 Å². The number of alkyl halides is 1. The summed E-state index contributed by atoms with van der Waals surface area (Å²) in [7, 11) is -2.91. The Kier molecular flexibility index (Phi) is 3.06. The summed E-state index contributed by atoms with van der Waals surface area (Å²) in [5.74, 6) is 1.50. The maximum atomic E-state index is 11.7. The van der Waals surface area contributed by atoms with Crippen LogP contribution in [0, 0.1) is 6.92 Å². The van der Waals surface area contributed by atoms with Gasteiger partial charge in [-0.25, -0.2) is 13.4 Å². The van der Waals surface area contributed by atoms with E-state index in [4.69, 9.17) is 11.6 Å². The lowest BCUT2D eigenvalue weighted by Crippen LogP contribution is -2.13. The second-order valence-corrected chi connectivity index (χ2v) is 7.58. The van der Waals surface area contributed by atoms with E-state index < -0.39 is 9.84 Å². The fraction of sp³-hybridized carbons (Fsp3) is 0.462. The van der Waals surface area contributed by atoms with Gasteiger partial charge >= 0.3 is 0 Å². The van der Waals surface area contributed by atoms with E-state index in [9.17, 15) is 8.42 Å². The van der Waals surface area contributed by atoms with Crippen molar-refractivity contribution in [3.8, 4) is 0 Å². The van der Waals surface area contributed by atoms with Gasteiger partial charge in [0.25, 0.3) is 0 Å². The van der Waals surface area contributed by atoms with Crippen molar-refractivity contribution in [2.24, 2.45) is 0 Å². The second kappa shape index (κ2) is 4.49. The zero-order chi connectivity index (χ0) is 13.6. The average Bonchev–Trinajstić information content (AvgIpc) is 2.88. The molecule has 19 heavy (non-hydrogen) atoms. The van der Waals surface area contributed by atoms with Crippen molar-refractivity contribution in [3.05, 3.63) is 29.6 Å². The molecular weight excluding hydrogens is 284 g/mol. The van der Waals surface area contributed by atoms with Gasteiger partial charge in [0.05, 0.1) is 34.5 Å². The molecule has 2 aromatic rings. The van der Waals surface area contributed by atoms with E-state index in [-0.39, 0.29) is 17.5 Å². The van der Waals surface area contributed by atoms with Crippen molar-refractivity contribution in [2.75, 3.05) is 11.5 Å². The fourth-order valence-corrected chi connectivity index (χ4v) is 4.63. The van der Waals surface area contributed by atoms with Crippen LogP contribution in [0.5, 0.6) is 0 Å². The van der Waals surface area contributed by atoms with Gasteiger partial charge in [0.15, 0.2) is 9.84 Å². The van der Waals surface area contributed by atoms with Crippen LogP contribution in [0.25, 0.3) is 11.0 Å². The van der Waals surface area contributed by atoms with E-state index in [0.717, 1.165) is 22.4 Å². The molecule has 6 heteroatoms. The third-order valence-electron chi connectivity index (χ3n) is 3.61. The highest BCUT2D eigenvalue weighted by atomic mass is 35.5. The molecule has 3 rings (SSSR count). The highest BCUT2D eigenvalue weighted by Crippen LogP contribution is 2.30. The molecule has 2 heterocycles. The highest BCUT2D eigenvalue weighted by Gasteiger charge is 2.31. The number of nitrogens with zero attached hydrogens (tertiary/aromatic N) is 2. The first-order valence-corrected chi connectivity index (χ1v) is 8.59. The number of fused-ring (bicyclic) bond motifs is 1. The average molecular weight is 299 g/mol. The molecule has 1 aliphatic heterocycles. The van der Waals surface area contributed by atoms with Gasteiger partial charge < -0.3 is 4.57 Å². The standard InChI is InChI=1S/C13H15ClN2O2S/c1-9-2-3-12-11(6-9)15-13(7-14)16(12)10-4-5-19(17,18)8-10/h2-3,6,10H,4-5,7-8H2,1H3. The molecule has 1 saturated heterocycles. The molecule has 0 aliphatic carbocycles. The molecule has 102 valence electrons. The first-order chi connectivity index (χ1) is 9.00. The predicted octanol–water partition coefficient (Wildman–Crippen LogP) is 2.44. The van der Waals surface area contributed by atoms with Gasteiger partial charge in [-0.15, -0.1) is 11.6 Å². The summed E-state index contributed by atoms with van der Waals surface area (Å²) in [5.41, 5.74) is 3.00. The van der Waals surface area contributed by atoms with Gasteiger partial charge in [-0.1, -0.05) is 6.07 Å². The van der Waals surface area contributed by atoms with Crippen LogP contribution in [-0.2, 0) is 15.7 Å². The van der Waals surface area contributed by atoms with E-state index >= 15 is 0 Å². The number of aromatic nitrogens is 2. The Morgan fingerprint density at radius 3 is 2.89 bits per heavy atom. The number of halogens is 1. The summed E-state index contributed by atoms with van der Waals surface area (Å²) in [6, 6.07) is 5.98. The minimum absolute atomic E-state index is 0.0357. The van der Waals surface area contributed by atoms with Crippen LogP contribution in [-0.4, -0.2) is 29.5 Å². The minimum Gasteiger partial charge on any atom is -0.323 e. The maximum Gasteiger partial charge on any atom is 0.152 e. The molecular formula is C13H15ClN2O2S. The molecule has 4 nitrogen and oxygen atoms in total. The Hall–Kier alpha value is -1.07. The first kappa shape index (κ1) is 12.9. The number of aryl methyl sites for hydroxylation is 1. The van der Waals surface area contributed by atoms with Crippen molar-refractivity contribution in [3.63, 3.8) is 0 Å². The number of hydrogen-bond donors (Lipinski definition) is 0. The Bertz CT molecular complexity index is 736. The zero-order valence-corrected chi connectivity index (χ0v) is 12.2. The summed E-state index contributed by atoms with van der Waals surface area (Å²) in [5, 5.41) is 0. The third kappa shape index (κ3) is 2.25. The zero-order valence-electron chi connectivity index (χ0n) is 10.6. The van der Waals surface area contributed by atoms with Crippen LogP contribution < -0.4 is 0 Å². The van der Waals surface area contributed by atoms with Gasteiger partial charge in [-0.2, -0.15) is 0 Å². The summed E-state index contributed by atoms with van der Waals surface area (Å²) in [6.45, 7) is 2.01. The Balaban J connectivity index is 2.16. The van der Waals surface area contributed by atoms with Gasteiger partial charge in [0.2, 0.25) is 0 Å². The molecule has 1 aliphatic rings. The molecule has 0 bridgehead atoms. The molecule has 0 N–H and O–H groups in total. The smallest absolute Gasteiger partial charge is 0.152 e. The first-order valence-electron chi connectivity index (χ1n) is 6.24. The number of sulfone groups is 1. The molecule has 0 amide bonds. The van der Waals surface area contributed by atoms with Crippen LogP contribution >= 0.6 is 11.6 Å². The summed E-state index contributed by atoms with van der Waals surface area (Å²) >= 11 is 5.96. The molecule has 0 spiro atoms. The van der Waals surface area contributed by atoms with Crippen molar-refractivity contribution >= 4 is 32.5 Å². The van der Waals surface area contributed by atoms with E-state index in [1.807, 2.05) is 29.7 Å². The normalized spacial score (nSPS) is 22.1. The van der Waals surface area contributed by atoms with Gasteiger partial charge in [0, 0.05) is 0 Å². The Labute approximate surface area is 117 Å². The topological polar surface area (TPSA) is 52.0 Å². The number of rotatable bonds is 2. The van der Waals surface area contributed by atoms with Crippen molar-refractivity contribution in [1.82, 2.24) is 9.55 Å². The maximum absolute atomic E-state index is 11.7. The van der Waals surface area contributed by atoms with Gasteiger partial charge in [-0.05, 0) is 31.0 Å². The number of benzene rings is 1. The number of hydrogen-bond acceptors (Lipinski definition) is 3. The van der Waals surface area contributed by atoms with Crippen molar-refractivity contribution in [1.29, 1.82) is 0 Å². The molecule has 1 aromatic heterocycles. The molecule has 0 saturated carbocycles. The largest absolute Gasteiger partial charge is 0.323 e. The highest BCUT2D eigenvalue weighted by molar-refractivity contribution is 7.91. The summed E-state index contributed by atoms with van der Waals surface area (Å²) in [4.78, 5) is 4.52. The lowest BCUT2D eigenvalue weighted by molar-refractivity contribution is 0.554. The van der Waals surface area contributed by atoms with Gasteiger partial charge in [0.1, 0.15) is 5.82 Å². The minimum atomic E-state index is -2.91. The Morgan fingerprint density at radius 2 is 2.26 bits per heavy atom. The van der Waals surface area contributed by atoms with Crippen LogP contribution in [0.15, 0.2) is 18.2 Å². The SMILES string of the molecule is Cc1ccc2c(c1)nc(CCl)n2C1CCS(=O)(=O)C1. The summed E-state index contributed by atoms with van der Waals surface area (Å²) in [6.07, 6.45) is 0.644. The van der Waals surface area contributed by atoms with Crippen molar-refractivity contribution in [2.45, 2.75) is 25.3 Å². The van der Waals surface area contributed by atoms with Crippen LogP contribution in [0.2, 0.25) is 0 Å². The molecule has 1 unspecified atom stereocenters. The molecule has 1 fully saturated rings. The van der Waals surface area contributed by atoms with Crippen LogP contribution in [0.1, 0.15) is 23.9 Å². The Morgan fingerprint density at radius 1 is 1.47 bits per heavy atom. The predicted molar refractivity (Wildman–Crippen MR) is 76.3 cm³/mol. The third-order valence-corrected chi connectivity index (χ3v) is 5.60. The monoisotopic (exact) mass is 298 g/mol. The van der Waals surface area contributed by atoms with Crippen LogP contribution in [0.4, 0.5) is 0 Å². The number of imidazole rings is 1. The molecule has 0 radical (unpaired) electrons. The molecule has 1 aromatic carbocycles. The fourth-order valence-electron chi connectivity index (χ4n) is 2.74. The van der Waals surface area contributed by atoms with Gasteiger partial charge in [-0.3, -0.25) is 0 Å². The van der Waals surface area contributed by atoms with E-state index in [1.54, 1.807) is 0 Å². The second-order valence-electron chi connectivity index (χ2n) is 5.08. The van der Waals surface area contributed by atoms with Crippen LogP contribution in [0.3, 0.4) is 0 Å².